The van der Waals surface area contributed by atoms with E-state index in [9.17, 15) is 14.4 Å². The molecule has 2 aromatic rings. The Morgan fingerprint density at radius 2 is 1.89 bits per heavy atom. The van der Waals surface area contributed by atoms with Crippen molar-refractivity contribution in [2.45, 2.75) is 45.7 Å². The third-order valence-corrected chi connectivity index (χ3v) is 5.80. The standard InChI is InChI=1S/C20H24N4O3/c1-3-24-20(27)19(26)23-11-15-8-9-22(12-16(15)18(23)21-24)17(25)10-14-6-4-13(2)5-7-14/h4-7,15-16H,3,8-12H2,1-2H3/t15-,16+/m0/s1. The van der Waals surface area contributed by atoms with E-state index in [1.54, 1.807) is 6.92 Å². The van der Waals surface area contributed by atoms with Crippen molar-refractivity contribution in [1.29, 1.82) is 0 Å². The average molecular weight is 368 g/mol. The minimum Gasteiger partial charge on any atom is -0.342 e. The molecule has 0 bridgehead atoms. The number of benzene rings is 1. The molecule has 142 valence electrons. The predicted octanol–water partition coefficient (Wildman–Crippen LogP) is 0.922. The van der Waals surface area contributed by atoms with Gasteiger partial charge in [0.15, 0.2) is 0 Å². The molecular formula is C20H24N4O3. The van der Waals surface area contributed by atoms with E-state index in [0.717, 1.165) is 12.0 Å². The Morgan fingerprint density at radius 3 is 2.59 bits per heavy atom. The molecule has 7 heteroatoms. The van der Waals surface area contributed by atoms with Gasteiger partial charge in [-0.3, -0.25) is 19.0 Å². The fourth-order valence-corrected chi connectivity index (χ4v) is 4.18. The Balaban J connectivity index is 1.56. The molecular weight excluding hydrogens is 344 g/mol. The van der Waals surface area contributed by atoms with Crippen LogP contribution < -0.4 is 11.1 Å². The van der Waals surface area contributed by atoms with Crippen molar-refractivity contribution in [2.24, 2.45) is 5.92 Å². The van der Waals surface area contributed by atoms with Crippen LogP contribution in [0.15, 0.2) is 33.9 Å². The summed E-state index contributed by atoms with van der Waals surface area (Å²) >= 11 is 0. The molecule has 0 N–H and O–H groups in total. The number of hydrogen-bond acceptors (Lipinski definition) is 4. The van der Waals surface area contributed by atoms with Crippen LogP contribution in [0.25, 0.3) is 0 Å². The Bertz CT molecular complexity index is 990. The summed E-state index contributed by atoms with van der Waals surface area (Å²) in [5.41, 5.74) is 1.13. The number of rotatable bonds is 3. The van der Waals surface area contributed by atoms with Gasteiger partial charge < -0.3 is 4.90 Å². The lowest BCUT2D eigenvalue weighted by molar-refractivity contribution is -0.132. The van der Waals surface area contributed by atoms with E-state index in [1.807, 2.05) is 36.1 Å². The van der Waals surface area contributed by atoms with Gasteiger partial charge in [-0.2, -0.15) is 5.10 Å². The van der Waals surface area contributed by atoms with E-state index >= 15 is 0 Å². The van der Waals surface area contributed by atoms with Crippen LogP contribution in [-0.2, 0) is 24.3 Å². The fourth-order valence-electron chi connectivity index (χ4n) is 4.18. The van der Waals surface area contributed by atoms with Crippen LogP contribution in [0.3, 0.4) is 0 Å². The zero-order valence-electron chi connectivity index (χ0n) is 15.7. The third kappa shape index (κ3) is 3.11. The van der Waals surface area contributed by atoms with Gasteiger partial charge in [0.05, 0.1) is 6.42 Å². The summed E-state index contributed by atoms with van der Waals surface area (Å²) in [4.78, 5) is 39.1. The molecule has 2 aliphatic rings. The van der Waals surface area contributed by atoms with Crippen LogP contribution in [0, 0.1) is 12.8 Å². The van der Waals surface area contributed by atoms with Gasteiger partial charge in [0.2, 0.25) is 5.91 Å². The molecule has 0 aliphatic carbocycles. The molecule has 0 saturated carbocycles. The van der Waals surface area contributed by atoms with Gasteiger partial charge in [0.1, 0.15) is 5.82 Å². The first-order chi connectivity index (χ1) is 13.0. The molecule has 1 amide bonds. The minimum atomic E-state index is -0.563. The SMILES string of the molecule is CCn1nc2n(c(=O)c1=O)C[C@@H]1CCN(C(=O)Cc3ccc(C)cc3)C[C@@H]21. The largest absolute Gasteiger partial charge is 0.342 e. The Labute approximate surface area is 157 Å². The molecule has 1 fully saturated rings. The topological polar surface area (TPSA) is 77.2 Å². The molecule has 2 atom stereocenters. The van der Waals surface area contributed by atoms with Gasteiger partial charge in [-0.25, -0.2) is 4.68 Å². The van der Waals surface area contributed by atoms with E-state index in [1.165, 1.54) is 14.8 Å². The number of aromatic nitrogens is 3. The van der Waals surface area contributed by atoms with Crippen molar-refractivity contribution in [3.8, 4) is 0 Å². The van der Waals surface area contributed by atoms with E-state index in [4.69, 9.17) is 0 Å². The molecule has 7 nitrogen and oxygen atoms in total. The smallest absolute Gasteiger partial charge is 0.332 e. The highest BCUT2D eigenvalue weighted by Crippen LogP contribution is 2.37. The van der Waals surface area contributed by atoms with Crippen LogP contribution in [0.1, 0.15) is 36.2 Å². The number of likely N-dealkylation sites (tertiary alicyclic amines) is 1. The second-order valence-corrected chi connectivity index (χ2v) is 7.55. The Kier molecular flexibility index (Phi) is 4.45. The van der Waals surface area contributed by atoms with Gasteiger partial charge in [-0.15, -0.1) is 0 Å². The van der Waals surface area contributed by atoms with Crippen LogP contribution in [0.5, 0.6) is 0 Å². The van der Waals surface area contributed by atoms with Gasteiger partial charge in [0.25, 0.3) is 0 Å². The summed E-state index contributed by atoms with van der Waals surface area (Å²) in [6.07, 6.45) is 1.21. The quantitative estimate of drug-likeness (QED) is 0.755. The van der Waals surface area contributed by atoms with Crippen molar-refractivity contribution in [3.05, 3.63) is 61.9 Å². The number of aryl methyl sites for hydroxylation is 2. The molecule has 4 rings (SSSR count). The van der Waals surface area contributed by atoms with Crippen molar-refractivity contribution in [2.75, 3.05) is 13.1 Å². The van der Waals surface area contributed by atoms with E-state index in [0.29, 0.717) is 38.4 Å². The van der Waals surface area contributed by atoms with E-state index in [-0.39, 0.29) is 17.7 Å². The number of carbonyl (C=O) groups is 1. The summed E-state index contributed by atoms with van der Waals surface area (Å²) < 4.78 is 2.77. The highest BCUT2D eigenvalue weighted by atomic mass is 16.2. The Hall–Kier alpha value is -2.70. The first-order valence-electron chi connectivity index (χ1n) is 9.53. The summed E-state index contributed by atoms with van der Waals surface area (Å²) in [6.45, 7) is 5.98. The lowest BCUT2D eigenvalue weighted by Crippen LogP contribution is -2.44. The summed E-state index contributed by atoms with van der Waals surface area (Å²) in [6, 6.07) is 8.02. The summed E-state index contributed by atoms with van der Waals surface area (Å²) in [5.74, 6) is 1.04. The second kappa shape index (κ2) is 6.79. The van der Waals surface area contributed by atoms with Gasteiger partial charge in [-0.1, -0.05) is 29.8 Å². The third-order valence-electron chi connectivity index (χ3n) is 5.80. The molecule has 0 radical (unpaired) electrons. The molecule has 1 aromatic carbocycles. The maximum absolute atomic E-state index is 12.8. The van der Waals surface area contributed by atoms with Crippen molar-refractivity contribution in [3.63, 3.8) is 0 Å². The zero-order valence-corrected chi connectivity index (χ0v) is 15.7. The number of hydrogen-bond donors (Lipinski definition) is 0. The lowest BCUT2D eigenvalue weighted by atomic mass is 9.87. The number of piperidine rings is 1. The highest BCUT2D eigenvalue weighted by molar-refractivity contribution is 5.79. The van der Waals surface area contributed by atoms with Crippen LogP contribution in [-0.4, -0.2) is 38.2 Å². The maximum atomic E-state index is 12.8. The molecule has 2 aliphatic heterocycles. The molecule has 0 spiro atoms. The Morgan fingerprint density at radius 1 is 1.15 bits per heavy atom. The number of nitrogens with zero attached hydrogens (tertiary/aromatic N) is 4. The highest BCUT2D eigenvalue weighted by Gasteiger charge is 2.40. The second-order valence-electron chi connectivity index (χ2n) is 7.55. The monoisotopic (exact) mass is 368 g/mol. The fraction of sp³-hybridized carbons (Fsp3) is 0.500. The van der Waals surface area contributed by atoms with Gasteiger partial charge >= 0.3 is 11.1 Å². The normalized spacial score (nSPS) is 21.0. The van der Waals surface area contributed by atoms with Crippen LogP contribution >= 0.6 is 0 Å². The molecule has 1 saturated heterocycles. The van der Waals surface area contributed by atoms with Crippen LogP contribution in [0.4, 0.5) is 0 Å². The minimum absolute atomic E-state index is 0.0202. The molecule has 3 heterocycles. The first kappa shape index (κ1) is 17.7. The van der Waals surface area contributed by atoms with Gasteiger partial charge in [-0.05, 0) is 31.7 Å². The summed E-state index contributed by atoms with van der Waals surface area (Å²) in [7, 11) is 0. The van der Waals surface area contributed by atoms with E-state index in [2.05, 4.69) is 5.10 Å². The molecule has 1 aromatic heterocycles. The molecule has 27 heavy (non-hydrogen) atoms. The van der Waals surface area contributed by atoms with E-state index < -0.39 is 11.1 Å². The average Bonchev–Trinajstić information content (AvgIpc) is 3.04. The predicted molar refractivity (Wildman–Crippen MR) is 101 cm³/mol. The maximum Gasteiger partial charge on any atom is 0.332 e. The van der Waals surface area contributed by atoms with Gasteiger partial charge in [0, 0.05) is 32.1 Å². The zero-order chi connectivity index (χ0) is 19.1. The van der Waals surface area contributed by atoms with Crippen molar-refractivity contribution >= 4 is 5.91 Å². The lowest BCUT2D eigenvalue weighted by Gasteiger charge is -2.34. The number of carbonyl (C=O) groups excluding carboxylic acids is 1. The number of fused-ring (bicyclic) bond motifs is 3. The van der Waals surface area contributed by atoms with Crippen molar-refractivity contribution < 1.29 is 4.79 Å². The summed E-state index contributed by atoms with van der Waals surface area (Å²) in [5, 5.41) is 4.43. The van der Waals surface area contributed by atoms with Crippen molar-refractivity contribution in [1.82, 2.24) is 19.2 Å². The number of amides is 1. The first-order valence-corrected chi connectivity index (χ1v) is 9.53. The van der Waals surface area contributed by atoms with Crippen LogP contribution in [0.2, 0.25) is 0 Å². The molecule has 0 unspecified atom stereocenters.